The number of carbonyl (C=O) groups excluding carboxylic acids is 1. The number of para-hydroxylation sites is 1. The highest BCUT2D eigenvalue weighted by molar-refractivity contribution is 6.33. The SMILES string of the molecule is COc1c2c(cc3c1[C@H](NC(=O)Nc1ccccc1Cl)N(C)CC3)OCO2. The molecule has 0 radical (unpaired) electrons. The van der Waals surface area contributed by atoms with E-state index in [9.17, 15) is 4.79 Å². The molecule has 0 spiro atoms. The van der Waals surface area contributed by atoms with Crippen molar-refractivity contribution in [1.29, 1.82) is 0 Å². The molecule has 142 valence electrons. The zero-order valence-corrected chi connectivity index (χ0v) is 15.8. The van der Waals surface area contributed by atoms with Crippen molar-refractivity contribution in [3.8, 4) is 17.2 Å². The van der Waals surface area contributed by atoms with E-state index in [0.29, 0.717) is 28.0 Å². The number of carbonyl (C=O) groups is 1. The normalized spacial score (nSPS) is 18.0. The Morgan fingerprint density at radius 1 is 1.33 bits per heavy atom. The van der Waals surface area contributed by atoms with Crippen molar-refractivity contribution in [2.45, 2.75) is 12.6 Å². The summed E-state index contributed by atoms with van der Waals surface area (Å²) in [6.45, 7) is 0.947. The average Bonchev–Trinajstić information content (AvgIpc) is 3.12. The third kappa shape index (κ3) is 3.24. The van der Waals surface area contributed by atoms with Gasteiger partial charge in [0.25, 0.3) is 0 Å². The van der Waals surface area contributed by atoms with E-state index in [1.54, 1.807) is 19.2 Å². The first-order chi connectivity index (χ1) is 13.1. The zero-order valence-electron chi connectivity index (χ0n) is 15.0. The second kappa shape index (κ2) is 7.17. The Bertz CT molecular complexity index is 889. The summed E-state index contributed by atoms with van der Waals surface area (Å²) in [6.07, 6.45) is 0.448. The van der Waals surface area contributed by atoms with E-state index in [1.807, 2.05) is 25.2 Å². The molecule has 0 fully saturated rings. The van der Waals surface area contributed by atoms with Crippen LogP contribution in [0.5, 0.6) is 17.2 Å². The Labute approximate surface area is 162 Å². The van der Waals surface area contributed by atoms with Gasteiger partial charge in [-0.3, -0.25) is 4.90 Å². The fourth-order valence-corrected chi connectivity index (χ4v) is 3.64. The summed E-state index contributed by atoms with van der Waals surface area (Å²) in [7, 11) is 3.54. The molecule has 27 heavy (non-hydrogen) atoms. The van der Waals surface area contributed by atoms with E-state index >= 15 is 0 Å². The van der Waals surface area contributed by atoms with Crippen LogP contribution in [0.2, 0.25) is 5.02 Å². The molecule has 0 saturated heterocycles. The molecule has 0 aliphatic carbocycles. The van der Waals surface area contributed by atoms with E-state index in [1.165, 1.54) is 0 Å². The number of hydrogen-bond acceptors (Lipinski definition) is 5. The third-order valence-corrected chi connectivity index (χ3v) is 5.12. The summed E-state index contributed by atoms with van der Waals surface area (Å²) in [5, 5.41) is 6.28. The molecule has 0 unspecified atom stereocenters. The molecule has 8 heteroatoms. The molecule has 0 bridgehead atoms. The minimum Gasteiger partial charge on any atom is -0.492 e. The topological polar surface area (TPSA) is 72.1 Å². The number of amides is 2. The maximum Gasteiger partial charge on any atom is 0.320 e. The number of anilines is 1. The Kier molecular flexibility index (Phi) is 4.72. The standard InChI is InChI=1S/C19H20ClN3O4/c1-23-8-7-11-9-14-16(27-10-26-14)17(25-2)15(11)18(23)22-19(24)21-13-6-4-3-5-12(13)20/h3-6,9,18H,7-8,10H2,1-2H3,(H2,21,22,24)/t18-/m1/s1. The fourth-order valence-electron chi connectivity index (χ4n) is 3.46. The second-order valence-electron chi connectivity index (χ2n) is 6.43. The average molecular weight is 390 g/mol. The molecular formula is C19H20ClN3O4. The van der Waals surface area contributed by atoms with Crippen LogP contribution in [0.25, 0.3) is 0 Å². The Hall–Kier alpha value is -2.64. The van der Waals surface area contributed by atoms with E-state index in [-0.39, 0.29) is 19.0 Å². The number of benzene rings is 2. The molecule has 2 aromatic rings. The smallest absolute Gasteiger partial charge is 0.320 e. The summed E-state index contributed by atoms with van der Waals surface area (Å²) in [5.74, 6) is 1.84. The lowest BCUT2D eigenvalue weighted by Gasteiger charge is -2.36. The summed E-state index contributed by atoms with van der Waals surface area (Å²) >= 11 is 6.13. The van der Waals surface area contributed by atoms with Crippen molar-refractivity contribution < 1.29 is 19.0 Å². The highest BCUT2D eigenvalue weighted by Gasteiger charge is 2.34. The first kappa shape index (κ1) is 17.8. The minimum absolute atomic E-state index is 0.162. The molecule has 4 rings (SSSR count). The van der Waals surface area contributed by atoms with Gasteiger partial charge in [0.2, 0.25) is 12.5 Å². The maximum absolute atomic E-state index is 12.6. The molecule has 2 aromatic carbocycles. The van der Waals surface area contributed by atoms with Crippen LogP contribution in [-0.4, -0.2) is 38.4 Å². The molecule has 2 heterocycles. The van der Waals surface area contributed by atoms with Gasteiger partial charge in [-0.15, -0.1) is 0 Å². The molecule has 0 saturated carbocycles. The van der Waals surface area contributed by atoms with Crippen molar-refractivity contribution in [3.63, 3.8) is 0 Å². The van der Waals surface area contributed by atoms with Crippen LogP contribution < -0.4 is 24.8 Å². The van der Waals surface area contributed by atoms with Gasteiger partial charge in [-0.2, -0.15) is 0 Å². The lowest BCUT2D eigenvalue weighted by molar-refractivity contribution is 0.169. The number of ether oxygens (including phenoxy) is 3. The van der Waals surface area contributed by atoms with Crippen molar-refractivity contribution in [2.75, 3.05) is 32.8 Å². The predicted molar refractivity (Wildman–Crippen MR) is 102 cm³/mol. The molecule has 2 amide bonds. The first-order valence-corrected chi connectivity index (χ1v) is 8.98. The Morgan fingerprint density at radius 3 is 2.93 bits per heavy atom. The number of likely N-dealkylation sites (N-methyl/N-ethyl adjacent to an activating group) is 1. The van der Waals surface area contributed by atoms with Gasteiger partial charge in [0, 0.05) is 12.1 Å². The highest BCUT2D eigenvalue weighted by Crippen LogP contribution is 2.48. The number of nitrogens with one attached hydrogen (secondary N) is 2. The number of nitrogens with zero attached hydrogens (tertiary/aromatic N) is 1. The van der Waals surface area contributed by atoms with E-state index in [0.717, 1.165) is 24.1 Å². The third-order valence-electron chi connectivity index (χ3n) is 4.79. The summed E-state index contributed by atoms with van der Waals surface area (Å²) in [5.41, 5.74) is 2.50. The van der Waals surface area contributed by atoms with Gasteiger partial charge in [0.15, 0.2) is 11.5 Å². The molecule has 2 N–H and O–H groups in total. The van der Waals surface area contributed by atoms with Crippen LogP contribution in [0.1, 0.15) is 17.3 Å². The van der Waals surface area contributed by atoms with Crippen molar-refractivity contribution >= 4 is 23.3 Å². The zero-order chi connectivity index (χ0) is 19.0. The number of rotatable bonds is 3. The molecular weight excluding hydrogens is 370 g/mol. The van der Waals surface area contributed by atoms with E-state index < -0.39 is 0 Å². The van der Waals surface area contributed by atoms with E-state index in [2.05, 4.69) is 15.5 Å². The lowest BCUT2D eigenvalue weighted by atomic mass is 9.95. The van der Waals surface area contributed by atoms with E-state index in [4.69, 9.17) is 25.8 Å². The number of hydrogen-bond donors (Lipinski definition) is 2. The maximum atomic E-state index is 12.6. The molecule has 2 aliphatic rings. The largest absolute Gasteiger partial charge is 0.492 e. The minimum atomic E-state index is -0.374. The second-order valence-corrected chi connectivity index (χ2v) is 6.84. The van der Waals surface area contributed by atoms with Crippen LogP contribution in [-0.2, 0) is 6.42 Å². The fraction of sp³-hybridized carbons (Fsp3) is 0.316. The number of fused-ring (bicyclic) bond motifs is 2. The monoisotopic (exact) mass is 389 g/mol. The molecule has 7 nitrogen and oxygen atoms in total. The molecule has 0 aromatic heterocycles. The van der Waals surface area contributed by atoms with Gasteiger partial charge in [-0.05, 0) is 37.2 Å². The number of urea groups is 1. The van der Waals surface area contributed by atoms with Crippen molar-refractivity contribution in [1.82, 2.24) is 10.2 Å². The predicted octanol–water partition coefficient (Wildman–Crippen LogP) is 3.39. The molecule has 2 aliphatic heterocycles. The van der Waals surface area contributed by atoms with Crippen LogP contribution >= 0.6 is 11.6 Å². The molecule has 1 atom stereocenters. The van der Waals surface area contributed by atoms with Crippen LogP contribution in [0.4, 0.5) is 10.5 Å². The first-order valence-electron chi connectivity index (χ1n) is 8.60. The number of halogens is 1. The van der Waals surface area contributed by atoms with Crippen LogP contribution in [0.15, 0.2) is 30.3 Å². The van der Waals surface area contributed by atoms with Crippen molar-refractivity contribution in [2.24, 2.45) is 0 Å². The summed E-state index contributed by atoms with van der Waals surface area (Å²) < 4.78 is 16.7. The van der Waals surface area contributed by atoms with Gasteiger partial charge < -0.3 is 24.8 Å². The van der Waals surface area contributed by atoms with Crippen molar-refractivity contribution in [3.05, 3.63) is 46.5 Å². The lowest BCUT2D eigenvalue weighted by Crippen LogP contribution is -2.45. The summed E-state index contributed by atoms with van der Waals surface area (Å²) in [6, 6.07) is 8.71. The quantitative estimate of drug-likeness (QED) is 0.842. The van der Waals surface area contributed by atoms with Gasteiger partial charge in [0.1, 0.15) is 6.17 Å². The van der Waals surface area contributed by atoms with Gasteiger partial charge in [-0.25, -0.2) is 4.79 Å². The Morgan fingerprint density at radius 2 is 2.15 bits per heavy atom. The van der Waals surface area contributed by atoms with Gasteiger partial charge in [-0.1, -0.05) is 23.7 Å². The van der Waals surface area contributed by atoms with Gasteiger partial charge >= 0.3 is 6.03 Å². The number of methoxy groups -OCH3 is 1. The Balaban J connectivity index is 1.64. The van der Waals surface area contributed by atoms with Gasteiger partial charge in [0.05, 0.1) is 17.8 Å². The van der Waals surface area contributed by atoms with Crippen LogP contribution in [0, 0.1) is 0 Å². The highest BCUT2D eigenvalue weighted by atomic mass is 35.5. The summed E-state index contributed by atoms with van der Waals surface area (Å²) in [4.78, 5) is 14.7. The van der Waals surface area contributed by atoms with Crippen LogP contribution in [0.3, 0.4) is 0 Å².